The first kappa shape index (κ1) is 14.6. The summed E-state index contributed by atoms with van der Waals surface area (Å²) in [6.07, 6.45) is 7.85. The van der Waals surface area contributed by atoms with E-state index in [0.29, 0.717) is 6.04 Å². The van der Waals surface area contributed by atoms with Crippen LogP contribution in [0.4, 0.5) is 0 Å². The lowest BCUT2D eigenvalue weighted by atomic mass is 10.1. The SMILES string of the molecule is CN(C)Cc1cnc(CN2CCC[C@H](n3cncn3)C2)s1. The molecule has 1 aliphatic rings. The van der Waals surface area contributed by atoms with Gasteiger partial charge in [-0.1, -0.05) is 0 Å². The molecule has 7 heteroatoms. The maximum absolute atomic E-state index is 4.57. The molecule has 0 unspecified atom stereocenters. The first-order chi connectivity index (χ1) is 10.2. The van der Waals surface area contributed by atoms with E-state index in [4.69, 9.17) is 0 Å². The maximum Gasteiger partial charge on any atom is 0.137 e. The number of piperidine rings is 1. The summed E-state index contributed by atoms with van der Waals surface area (Å²) in [5.74, 6) is 0. The van der Waals surface area contributed by atoms with Gasteiger partial charge in [0.15, 0.2) is 0 Å². The summed E-state index contributed by atoms with van der Waals surface area (Å²) in [5.41, 5.74) is 0. The molecule has 0 N–H and O–H groups in total. The van der Waals surface area contributed by atoms with E-state index < -0.39 is 0 Å². The highest BCUT2D eigenvalue weighted by Crippen LogP contribution is 2.23. The molecule has 0 aromatic carbocycles. The molecule has 0 radical (unpaired) electrons. The lowest BCUT2D eigenvalue weighted by Gasteiger charge is -2.31. The molecular formula is C14H22N6S. The number of rotatable bonds is 5. The van der Waals surface area contributed by atoms with Gasteiger partial charge in [0.25, 0.3) is 0 Å². The summed E-state index contributed by atoms with van der Waals surface area (Å²) in [7, 11) is 4.18. The van der Waals surface area contributed by atoms with Gasteiger partial charge in [0.2, 0.25) is 0 Å². The Morgan fingerprint density at radius 1 is 1.43 bits per heavy atom. The highest BCUT2D eigenvalue weighted by atomic mass is 32.1. The zero-order valence-electron chi connectivity index (χ0n) is 12.6. The average molecular weight is 306 g/mol. The standard InChI is InChI=1S/C14H22N6S/c1-18(2)8-13-6-16-14(21-13)9-19-5-3-4-12(7-19)20-11-15-10-17-20/h6,10-12H,3-5,7-9H2,1-2H3/t12-/m0/s1. The molecule has 1 fully saturated rings. The van der Waals surface area contributed by atoms with Gasteiger partial charge in [-0.05, 0) is 33.5 Å². The molecule has 0 spiro atoms. The molecule has 21 heavy (non-hydrogen) atoms. The molecule has 0 amide bonds. The van der Waals surface area contributed by atoms with Gasteiger partial charge in [0.1, 0.15) is 17.7 Å². The number of likely N-dealkylation sites (tertiary alicyclic amines) is 1. The molecule has 114 valence electrons. The van der Waals surface area contributed by atoms with Gasteiger partial charge < -0.3 is 4.90 Å². The Labute approximate surface area is 129 Å². The maximum atomic E-state index is 4.57. The van der Waals surface area contributed by atoms with Gasteiger partial charge in [-0.3, -0.25) is 4.90 Å². The minimum absolute atomic E-state index is 0.447. The van der Waals surface area contributed by atoms with Crippen molar-refractivity contribution in [3.05, 3.63) is 28.7 Å². The normalized spacial score (nSPS) is 20.2. The fraction of sp³-hybridized carbons (Fsp3) is 0.643. The topological polar surface area (TPSA) is 50.1 Å². The van der Waals surface area contributed by atoms with Crippen molar-refractivity contribution >= 4 is 11.3 Å². The second-order valence-corrected chi connectivity index (χ2v) is 7.06. The van der Waals surface area contributed by atoms with Crippen LogP contribution in [0.3, 0.4) is 0 Å². The minimum Gasteiger partial charge on any atom is -0.304 e. The highest BCUT2D eigenvalue weighted by molar-refractivity contribution is 7.11. The van der Waals surface area contributed by atoms with Crippen molar-refractivity contribution in [2.45, 2.75) is 32.0 Å². The van der Waals surface area contributed by atoms with Crippen molar-refractivity contribution in [1.82, 2.24) is 29.5 Å². The fourth-order valence-corrected chi connectivity index (χ4v) is 3.88. The van der Waals surface area contributed by atoms with Gasteiger partial charge in [0.05, 0.1) is 12.6 Å². The van der Waals surface area contributed by atoms with Gasteiger partial charge in [-0.2, -0.15) is 5.10 Å². The van der Waals surface area contributed by atoms with Crippen molar-refractivity contribution in [3.63, 3.8) is 0 Å². The van der Waals surface area contributed by atoms with Crippen LogP contribution in [0.5, 0.6) is 0 Å². The molecule has 2 aromatic rings. The van der Waals surface area contributed by atoms with E-state index in [1.807, 2.05) is 28.5 Å². The quantitative estimate of drug-likeness (QED) is 0.840. The predicted octanol–water partition coefficient (Wildman–Crippen LogP) is 1.63. The largest absolute Gasteiger partial charge is 0.304 e. The van der Waals surface area contributed by atoms with Crippen LogP contribution >= 0.6 is 11.3 Å². The van der Waals surface area contributed by atoms with E-state index >= 15 is 0 Å². The number of hydrogen-bond acceptors (Lipinski definition) is 6. The van der Waals surface area contributed by atoms with Gasteiger partial charge in [-0.25, -0.2) is 14.6 Å². The van der Waals surface area contributed by atoms with Crippen molar-refractivity contribution in [2.24, 2.45) is 0 Å². The second kappa shape index (κ2) is 6.64. The monoisotopic (exact) mass is 306 g/mol. The predicted molar refractivity (Wildman–Crippen MR) is 83.1 cm³/mol. The molecule has 6 nitrogen and oxygen atoms in total. The van der Waals surface area contributed by atoms with E-state index in [0.717, 1.165) is 26.2 Å². The molecule has 2 aromatic heterocycles. The third kappa shape index (κ3) is 3.87. The average Bonchev–Trinajstić information content (AvgIpc) is 3.10. The van der Waals surface area contributed by atoms with Crippen LogP contribution in [0.2, 0.25) is 0 Å². The summed E-state index contributed by atoms with van der Waals surface area (Å²) in [4.78, 5) is 14.6. The molecule has 3 rings (SSSR count). The smallest absolute Gasteiger partial charge is 0.137 e. The first-order valence-corrected chi connectivity index (χ1v) is 8.17. The Hall–Kier alpha value is -1.31. The molecule has 0 aliphatic carbocycles. The van der Waals surface area contributed by atoms with Crippen LogP contribution in [0.25, 0.3) is 0 Å². The van der Waals surface area contributed by atoms with Gasteiger partial charge >= 0.3 is 0 Å². The number of hydrogen-bond donors (Lipinski definition) is 0. The third-order valence-electron chi connectivity index (χ3n) is 3.72. The summed E-state index contributed by atoms with van der Waals surface area (Å²) in [6.45, 7) is 4.10. The van der Waals surface area contributed by atoms with E-state index in [9.17, 15) is 0 Å². The van der Waals surface area contributed by atoms with Crippen molar-refractivity contribution in [2.75, 3.05) is 27.2 Å². The second-order valence-electron chi connectivity index (χ2n) is 5.86. The summed E-state index contributed by atoms with van der Waals surface area (Å²) >= 11 is 1.82. The van der Waals surface area contributed by atoms with Crippen LogP contribution in [0.15, 0.2) is 18.9 Å². The third-order valence-corrected chi connectivity index (χ3v) is 4.69. The van der Waals surface area contributed by atoms with Crippen molar-refractivity contribution in [1.29, 1.82) is 0 Å². The Morgan fingerprint density at radius 3 is 3.10 bits per heavy atom. The number of nitrogens with zero attached hydrogens (tertiary/aromatic N) is 6. The molecule has 1 atom stereocenters. The Balaban J connectivity index is 1.58. The van der Waals surface area contributed by atoms with Gasteiger partial charge in [-0.15, -0.1) is 11.3 Å². The molecule has 1 saturated heterocycles. The van der Waals surface area contributed by atoms with Crippen LogP contribution in [0, 0.1) is 0 Å². The van der Waals surface area contributed by atoms with E-state index in [1.54, 1.807) is 6.33 Å². The Morgan fingerprint density at radius 2 is 2.33 bits per heavy atom. The zero-order chi connectivity index (χ0) is 14.7. The summed E-state index contributed by atoms with van der Waals surface area (Å²) in [6, 6.07) is 0.447. The fourth-order valence-electron chi connectivity index (χ4n) is 2.79. The zero-order valence-corrected chi connectivity index (χ0v) is 13.5. The van der Waals surface area contributed by atoms with E-state index in [2.05, 4.69) is 39.0 Å². The molecule has 3 heterocycles. The Kier molecular flexibility index (Phi) is 4.62. The molecule has 0 saturated carbocycles. The first-order valence-electron chi connectivity index (χ1n) is 7.35. The number of thiazole rings is 1. The van der Waals surface area contributed by atoms with Crippen LogP contribution in [-0.4, -0.2) is 56.7 Å². The number of aromatic nitrogens is 4. The lowest BCUT2D eigenvalue weighted by molar-refractivity contribution is 0.163. The van der Waals surface area contributed by atoms with Crippen LogP contribution in [-0.2, 0) is 13.1 Å². The molecule has 0 bridgehead atoms. The van der Waals surface area contributed by atoms with Crippen molar-refractivity contribution < 1.29 is 0 Å². The lowest BCUT2D eigenvalue weighted by Crippen LogP contribution is -2.36. The Bertz CT molecular complexity index is 550. The van der Waals surface area contributed by atoms with Gasteiger partial charge in [0, 0.05) is 24.2 Å². The highest BCUT2D eigenvalue weighted by Gasteiger charge is 2.22. The van der Waals surface area contributed by atoms with Crippen molar-refractivity contribution in [3.8, 4) is 0 Å². The summed E-state index contributed by atoms with van der Waals surface area (Å²) in [5, 5.41) is 5.49. The van der Waals surface area contributed by atoms with Crippen LogP contribution in [0.1, 0.15) is 28.8 Å². The van der Waals surface area contributed by atoms with E-state index in [-0.39, 0.29) is 0 Å². The molecular weight excluding hydrogens is 284 g/mol. The minimum atomic E-state index is 0.447. The van der Waals surface area contributed by atoms with E-state index in [1.165, 1.54) is 22.7 Å². The summed E-state index contributed by atoms with van der Waals surface area (Å²) < 4.78 is 1.99. The van der Waals surface area contributed by atoms with Crippen LogP contribution < -0.4 is 0 Å². The molecule has 1 aliphatic heterocycles.